The quantitative estimate of drug-likeness (QED) is 0.656. The fraction of sp³-hybridized carbons (Fsp3) is 1.00. The van der Waals surface area contributed by atoms with E-state index >= 15 is 0 Å². The van der Waals surface area contributed by atoms with E-state index in [4.69, 9.17) is 0 Å². The van der Waals surface area contributed by atoms with E-state index in [9.17, 15) is 0 Å². The molecule has 0 aromatic heterocycles. The minimum Gasteiger partial charge on any atom is -0.301 e. The third kappa shape index (κ3) is 2.13. The maximum atomic E-state index is 2.62. The molecule has 1 aliphatic rings. The van der Waals surface area contributed by atoms with Gasteiger partial charge in [0.05, 0.1) is 0 Å². The highest BCUT2D eigenvalue weighted by Crippen LogP contribution is 2.42. The number of rotatable bonds is 2. The van der Waals surface area contributed by atoms with Gasteiger partial charge in [0.2, 0.25) is 0 Å². The van der Waals surface area contributed by atoms with Gasteiger partial charge >= 0.3 is 0 Å². The second-order valence-electron chi connectivity index (χ2n) is 5.90. The van der Waals surface area contributed by atoms with Crippen molar-refractivity contribution in [3.05, 3.63) is 0 Å². The smallest absolute Gasteiger partial charge is 0.00387 e. The standard InChI is InChI=1S/C13H27N/c1-10(2)13(6)7-8-14(11(3)4)9-12(13)5/h10-12H,7-9H2,1-6H3. The maximum absolute atomic E-state index is 2.62. The minimum atomic E-state index is 0.561. The van der Waals surface area contributed by atoms with E-state index < -0.39 is 0 Å². The van der Waals surface area contributed by atoms with Gasteiger partial charge in [-0.25, -0.2) is 0 Å². The molecule has 0 N–H and O–H groups in total. The van der Waals surface area contributed by atoms with Crippen LogP contribution in [0.5, 0.6) is 0 Å². The fourth-order valence-corrected chi connectivity index (χ4v) is 2.61. The third-order valence-electron chi connectivity index (χ3n) is 4.62. The Bertz CT molecular complexity index is 186. The molecule has 1 fully saturated rings. The third-order valence-corrected chi connectivity index (χ3v) is 4.62. The van der Waals surface area contributed by atoms with E-state index in [1.54, 1.807) is 0 Å². The molecule has 2 atom stereocenters. The van der Waals surface area contributed by atoms with Crippen molar-refractivity contribution in [3.63, 3.8) is 0 Å². The van der Waals surface area contributed by atoms with E-state index in [1.807, 2.05) is 0 Å². The molecular weight excluding hydrogens is 170 g/mol. The number of likely N-dealkylation sites (tertiary alicyclic amines) is 1. The Morgan fingerprint density at radius 3 is 2.14 bits per heavy atom. The molecule has 1 heterocycles. The van der Waals surface area contributed by atoms with Crippen LogP contribution in [0.15, 0.2) is 0 Å². The van der Waals surface area contributed by atoms with Crippen LogP contribution in [0.2, 0.25) is 0 Å². The van der Waals surface area contributed by atoms with Gasteiger partial charge in [-0.3, -0.25) is 0 Å². The molecule has 14 heavy (non-hydrogen) atoms. The van der Waals surface area contributed by atoms with Crippen LogP contribution in [0.25, 0.3) is 0 Å². The lowest BCUT2D eigenvalue weighted by molar-refractivity contribution is 0.00714. The molecule has 0 bridgehead atoms. The molecule has 2 unspecified atom stereocenters. The van der Waals surface area contributed by atoms with E-state index in [0.717, 1.165) is 11.8 Å². The molecule has 1 aliphatic heterocycles. The van der Waals surface area contributed by atoms with Crippen molar-refractivity contribution < 1.29 is 0 Å². The highest BCUT2D eigenvalue weighted by atomic mass is 15.2. The van der Waals surface area contributed by atoms with Gasteiger partial charge < -0.3 is 4.90 Å². The number of nitrogens with zero attached hydrogens (tertiary/aromatic N) is 1. The van der Waals surface area contributed by atoms with Gasteiger partial charge in [0.15, 0.2) is 0 Å². The lowest BCUT2D eigenvalue weighted by Gasteiger charge is -2.48. The molecule has 84 valence electrons. The second-order valence-corrected chi connectivity index (χ2v) is 5.90. The van der Waals surface area contributed by atoms with Gasteiger partial charge in [-0.15, -0.1) is 0 Å². The highest BCUT2D eigenvalue weighted by molar-refractivity contribution is 4.90. The molecule has 0 radical (unpaired) electrons. The largest absolute Gasteiger partial charge is 0.301 e. The Balaban J connectivity index is 2.64. The summed E-state index contributed by atoms with van der Waals surface area (Å²) in [5, 5.41) is 0. The van der Waals surface area contributed by atoms with Gasteiger partial charge in [-0.1, -0.05) is 27.7 Å². The van der Waals surface area contributed by atoms with Crippen LogP contribution in [0, 0.1) is 17.3 Å². The molecule has 1 nitrogen and oxygen atoms in total. The first-order chi connectivity index (χ1) is 6.38. The van der Waals surface area contributed by atoms with E-state index in [1.165, 1.54) is 19.5 Å². The summed E-state index contributed by atoms with van der Waals surface area (Å²) < 4.78 is 0. The van der Waals surface area contributed by atoms with Gasteiger partial charge in [0, 0.05) is 12.6 Å². The van der Waals surface area contributed by atoms with Gasteiger partial charge in [0.25, 0.3) is 0 Å². The van der Waals surface area contributed by atoms with Crippen LogP contribution in [-0.4, -0.2) is 24.0 Å². The van der Waals surface area contributed by atoms with E-state index in [0.29, 0.717) is 11.5 Å². The predicted octanol–water partition coefficient (Wildman–Crippen LogP) is 3.40. The number of hydrogen-bond acceptors (Lipinski definition) is 1. The van der Waals surface area contributed by atoms with Crippen molar-refractivity contribution in [3.8, 4) is 0 Å². The maximum Gasteiger partial charge on any atom is 0.00387 e. The first-order valence-electron chi connectivity index (χ1n) is 6.12. The lowest BCUT2D eigenvalue weighted by Crippen LogP contribution is -2.49. The molecule has 0 spiro atoms. The van der Waals surface area contributed by atoms with Crippen LogP contribution in [0.1, 0.15) is 48.0 Å². The van der Waals surface area contributed by atoms with Crippen LogP contribution in [0.3, 0.4) is 0 Å². The topological polar surface area (TPSA) is 3.24 Å². The number of hydrogen-bond donors (Lipinski definition) is 0. The summed E-state index contributed by atoms with van der Waals surface area (Å²) in [6.07, 6.45) is 1.37. The molecule has 0 aromatic rings. The summed E-state index contributed by atoms with van der Waals surface area (Å²) in [6, 6.07) is 0.717. The fourth-order valence-electron chi connectivity index (χ4n) is 2.61. The Labute approximate surface area is 89.9 Å². The molecule has 1 heteroatoms. The average Bonchev–Trinajstić information content (AvgIpc) is 2.09. The summed E-state index contributed by atoms with van der Waals surface area (Å²) in [7, 11) is 0. The molecule has 0 aromatic carbocycles. The molecule has 1 saturated heterocycles. The SMILES string of the molecule is CC(C)N1CCC(C)(C(C)C)C(C)C1. The Morgan fingerprint density at radius 2 is 1.79 bits per heavy atom. The van der Waals surface area contributed by atoms with Crippen molar-refractivity contribution >= 4 is 0 Å². The zero-order valence-corrected chi connectivity index (χ0v) is 10.8. The van der Waals surface area contributed by atoms with Crippen molar-refractivity contribution in [2.24, 2.45) is 17.3 Å². The Morgan fingerprint density at radius 1 is 1.21 bits per heavy atom. The highest BCUT2D eigenvalue weighted by Gasteiger charge is 2.39. The zero-order chi connectivity index (χ0) is 10.9. The minimum absolute atomic E-state index is 0.561. The van der Waals surface area contributed by atoms with Crippen molar-refractivity contribution in [2.45, 2.75) is 54.0 Å². The zero-order valence-electron chi connectivity index (χ0n) is 10.8. The van der Waals surface area contributed by atoms with Crippen molar-refractivity contribution in [1.29, 1.82) is 0 Å². The van der Waals surface area contributed by atoms with Crippen LogP contribution in [-0.2, 0) is 0 Å². The Hall–Kier alpha value is -0.0400. The van der Waals surface area contributed by atoms with E-state index in [2.05, 4.69) is 46.4 Å². The molecule has 0 saturated carbocycles. The molecular formula is C13H27N. The lowest BCUT2D eigenvalue weighted by atomic mass is 9.65. The first kappa shape index (κ1) is 12.0. The van der Waals surface area contributed by atoms with Crippen LogP contribution >= 0.6 is 0 Å². The van der Waals surface area contributed by atoms with Crippen LogP contribution in [0.4, 0.5) is 0 Å². The van der Waals surface area contributed by atoms with Crippen LogP contribution < -0.4 is 0 Å². The first-order valence-corrected chi connectivity index (χ1v) is 6.12. The summed E-state index contributed by atoms with van der Waals surface area (Å²) in [6.45, 7) is 16.8. The van der Waals surface area contributed by atoms with Crippen molar-refractivity contribution in [1.82, 2.24) is 4.90 Å². The normalized spacial score (nSPS) is 35.6. The van der Waals surface area contributed by atoms with Crippen molar-refractivity contribution in [2.75, 3.05) is 13.1 Å². The van der Waals surface area contributed by atoms with Gasteiger partial charge in [-0.2, -0.15) is 0 Å². The molecule has 0 aliphatic carbocycles. The monoisotopic (exact) mass is 197 g/mol. The summed E-state index contributed by atoms with van der Waals surface area (Å²) in [4.78, 5) is 2.62. The Kier molecular flexibility index (Phi) is 3.63. The van der Waals surface area contributed by atoms with E-state index in [-0.39, 0.29) is 0 Å². The van der Waals surface area contributed by atoms with Gasteiger partial charge in [-0.05, 0) is 44.1 Å². The second kappa shape index (κ2) is 4.22. The average molecular weight is 197 g/mol. The molecule has 1 rings (SSSR count). The summed E-state index contributed by atoms with van der Waals surface area (Å²) in [5.74, 6) is 1.64. The number of piperidine rings is 1. The molecule has 0 amide bonds. The summed E-state index contributed by atoms with van der Waals surface area (Å²) in [5.41, 5.74) is 0.561. The van der Waals surface area contributed by atoms with Gasteiger partial charge in [0.1, 0.15) is 0 Å². The predicted molar refractivity (Wildman–Crippen MR) is 63.4 cm³/mol. The summed E-state index contributed by atoms with van der Waals surface area (Å²) >= 11 is 0.